The van der Waals surface area contributed by atoms with Crippen molar-refractivity contribution in [2.45, 2.75) is 18.0 Å². The van der Waals surface area contributed by atoms with Gasteiger partial charge in [0.05, 0.1) is 23.3 Å². The van der Waals surface area contributed by atoms with Crippen LogP contribution >= 0.6 is 11.6 Å². The molecule has 0 saturated carbocycles. The van der Waals surface area contributed by atoms with E-state index in [1.165, 1.54) is 30.5 Å². The standard InChI is InChI=1S/C19H16ClNO5S/c20-16-8-6-14(7-9-16)13-26-19(22)15-3-1-5-18(11-15)27(23,24)21-12-17-4-2-10-25-17/h1-11,21H,12-13H2. The zero-order valence-electron chi connectivity index (χ0n) is 14.1. The lowest BCUT2D eigenvalue weighted by Gasteiger charge is -2.08. The molecule has 2 aromatic carbocycles. The molecule has 0 aliphatic carbocycles. The van der Waals surface area contributed by atoms with Crippen molar-refractivity contribution in [2.75, 3.05) is 0 Å². The molecule has 27 heavy (non-hydrogen) atoms. The molecular weight excluding hydrogens is 390 g/mol. The number of esters is 1. The predicted molar refractivity (Wildman–Crippen MR) is 99.7 cm³/mol. The van der Waals surface area contributed by atoms with Crippen LogP contribution in [0.4, 0.5) is 0 Å². The number of benzene rings is 2. The number of furan rings is 1. The Morgan fingerprint density at radius 1 is 1.07 bits per heavy atom. The fourth-order valence-corrected chi connectivity index (χ4v) is 3.43. The van der Waals surface area contributed by atoms with Crippen LogP contribution in [-0.2, 0) is 27.9 Å². The number of nitrogens with one attached hydrogen (secondary N) is 1. The molecule has 0 atom stereocenters. The summed E-state index contributed by atoms with van der Waals surface area (Å²) in [5, 5.41) is 0.588. The SMILES string of the molecule is O=C(OCc1ccc(Cl)cc1)c1cccc(S(=O)(=O)NCc2ccco2)c1. The van der Waals surface area contributed by atoms with Gasteiger partial charge < -0.3 is 9.15 Å². The number of hydrogen-bond acceptors (Lipinski definition) is 5. The van der Waals surface area contributed by atoms with E-state index in [-0.39, 0.29) is 23.6 Å². The van der Waals surface area contributed by atoms with E-state index >= 15 is 0 Å². The highest BCUT2D eigenvalue weighted by atomic mass is 35.5. The molecule has 6 nitrogen and oxygen atoms in total. The fourth-order valence-electron chi connectivity index (χ4n) is 2.27. The van der Waals surface area contributed by atoms with E-state index in [1.54, 1.807) is 36.4 Å². The van der Waals surface area contributed by atoms with Gasteiger partial charge >= 0.3 is 5.97 Å². The first-order chi connectivity index (χ1) is 12.9. The number of sulfonamides is 1. The van der Waals surface area contributed by atoms with Crippen LogP contribution in [0.3, 0.4) is 0 Å². The van der Waals surface area contributed by atoms with Crippen LogP contribution in [-0.4, -0.2) is 14.4 Å². The van der Waals surface area contributed by atoms with Gasteiger partial charge in [0.1, 0.15) is 12.4 Å². The molecule has 0 amide bonds. The van der Waals surface area contributed by atoms with Crippen molar-refractivity contribution in [2.24, 2.45) is 0 Å². The summed E-state index contributed by atoms with van der Waals surface area (Å²) in [5.74, 6) is -0.134. The molecule has 0 radical (unpaired) electrons. The number of carbonyl (C=O) groups excluding carboxylic acids is 1. The van der Waals surface area contributed by atoms with E-state index in [4.69, 9.17) is 20.8 Å². The van der Waals surface area contributed by atoms with Crippen molar-refractivity contribution in [1.29, 1.82) is 0 Å². The molecule has 0 aliphatic rings. The third-order valence-corrected chi connectivity index (χ3v) is 5.33. The van der Waals surface area contributed by atoms with Gasteiger partial charge in [-0.1, -0.05) is 29.8 Å². The van der Waals surface area contributed by atoms with Gasteiger partial charge in [0.25, 0.3) is 0 Å². The molecule has 0 saturated heterocycles. The third-order valence-electron chi connectivity index (χ3n) is 3.68. The Hall–Kier alpha value is -2.61. The number of rotatable bonds is 7. The third kappa shape index (κ3) is 5.19. The van der Waals surface area contributed by atoms with Crippen LogP contribution in [0.5, 0.6) is 0 Å². The molecule has 0 fully saturated rings. The van der Waals surface area contributed by atoms with E-state index in [2.05, 4.69) is 4.72 Å². The number of hydrogen-bond donors (Lipinski definition) is 1. The average Bonchev–Trinajstić information content (AvgIpc) is 3.20. The molecule has 0 unspecified atom stereocenters. The van der Waals surface area contributed by atoms with Crippen LogP contribution in [0.1, 0.15) is 21.7 Å². The topological polar surface area (TPSA) is 85.6 Å². The highest BCUT2D eigenvalue weighted by Crippen LogP contribution is 2.15. The Labute approximate surface area is 161 Å². The second-order valence-electron chi connectivity index (χ2n) is 5.63. The highest BCUT2D eigenvalue weighted by Gasteiger charge is 2.17. The molecule has 1 N–H and O–H groups in total. The van der Waals surface area contributed by atoms with E-state index in [0.29, 0.717) is 10.8 Å². The summed E-state index contributed by atoms with van der Waals surface area (Å²) in [6.07, 6.45) is 1.46. The van der Waals surface area contributed by atoms with Gasteiger partial charge in [-0.25, -0.2) is 17.9 Å². The van der Waals surface area contributed by atoms with Crippen LogP contribution in [0.2, 0.25) is 5.02 Å². The summed E-state index contributed by atoms with van der Waals surface area (Å²) in [6, 6.07) is 15.9. The van der Waals surface area contributed by atoms with E-state index in [9.17, 15) is 13.2 Å². The van der Waals surface area contributed by atoms with Crippen molar-refractivity contribution >= 4 is 27.6 Å². The lowest BCUT2D eigenvalue weighted by molar-refractivity contribution is 0.0472. The summed E-state index contributed by atoms with van der Waals surface area (Å²) >= 11 is 5.81. The van der Waals surface area contributed by atoms with Gasteiger partial charge in [0.2, 0.25) is 10.0 Å². The normalized spacial score (nSPS) is 11.3. The molecule has 3 rings (SSSR count). The Bertz CT molecular complexity index is 1010. The minimum Gasteiger partial charge on any atom is -0.468 e. The monoisotopic (exact) mass is 405 g/mol. The maximum atomic E-state index is 12.4. The molecule has 1 heterocycles. The Kier molecular flexibility index (Phi) is 5.95. The Morgan fingerprint density at radius 3 is 2.56 bits per heavy atom. The second-order valence-corrected chi connectivity index (χ2v) is 7.84. The zero-order chi connectivity index (χ0) is 19.3. The van der Waals surface area contributed by atoms with Gasteiger partial charge in [-0.15, -0.1) is 0 Å². The maximum Gasteiger partial charge on any atom is 0.338 e. The lowest BCUT2D eigenvalue weighted by Crippen LogP contribution is -2.23. The fraction of sp³-hybridized carbons (Fsp3) is 0.105. The van der Waals surface area contributed by atoms with E-state index in [0.717, 1.165) is 5.56 Å². The first-order valence-electron chi connectivity index (χ1n) is 7.98. The summed E-state index contributed by atoms with van der Waals surface area (Å²) in [4.78, 5) is 12.2. The molecule has 0 bridgehead atoms. The van der Waals surface area contributed by atoms with E-state index in [1.807, 2.05) is 0 Å². The summed E-state index contributed by atoms with van der Waals surface area (Å²) in [6.45, 7) is 0.0737. The molecule has 140 valence electrons. The van der Waals surface area contributed by atoms with Gasteiger partial charge in [-0.2, -0.15) is 0 Å². The van der Waals surface area contributed by atoms with Crippen LogP contribution < -0.4 is 4.72 Å². The molecule has 0 spiro atoms. The summed E-state index contributed by atoms with van der Waals surface area (Å²) in [5.41, 5.74) is 0.918. The van der Waals surface area contributed by atoms with Crippen LogP contribution in [0, 0.1) is 0 Å². The largest absolute Gasteiger partial charge is 0.468 e. The average molecular weight is 406 g/mol. The first-order valence-corrected chi connectivity index (χ1v) is 9.84. The van der Waals surface area contributed by atoms with Gasteiger partial charge in [0, 0.05) is 5.02 Å². The molecule has 0 aliphatic heterocycles. The minimum atomic E-state index is -3.80. The molecule has 8 heteroatoms. The summed E-state index contributed by atoms with van der Waals surface area (Å²) in [7, 11) is -3.80. The zero-order valence-corrected chi connectivity index (χ0v) is 15.7. The first kappa shape index (κ1) is 19.2. The van der Waals surface area contributed by atoms with Crippen LogP contribution in [0.15, 0.2) is 76.2 Å². The van der Waals surface area contributed by atoms with Gasteiger partial charge in [0.15, 0.2) is 0 Å². The van der Waals surface area contributed by atoms with Crippen LogP contribution in [0.25, 0.3) is 0 Å². The van der Waals surface area contributed by atoms with Gasteiger partial charge in [-0.05, 0) is 48.0 Å². The Balaban J connectivity index is 1.66. The van der Waals surface area contributed by atoms with E-state index < -0.39 is 16.0 Å². The number of ether oxygens (including phenoxy) is 1. The summed E-state index contributed by atoms with van der Waals surface area (Å²) < 4.78 is 37.5. The van der Waals surface area contributed by atoms with Crippen molar-refractivity contribution in [3.05, 3.63) is 88.8 Å². The highest BCUT2D eigenvalue weighted by molar-refractivity contribution is 7.89. The minimum absolute atomic E-state index is 0.0145. The smallest absolute Gasteiger partial charge is 0.338 e. The second kappa shape index (κ2) is 8.39. The number of carbonyl (C=O) groups is 1. The number of halogens is 1. The molecule has 3 aromatic rings. The predicted octanol–water partition coefficient (Wildman–Crippen LogP) is 3.77. The maximum absolute atomic E-state index is 12.4. The van der Waals surface area contributed by atoms with Crippen molar-refractivity contribution in [1.82, 2.24) is 4.72 Å². The van der Waals surface area contributed by atoms with Crippen molar-refractivity contribution < 1.29 is 22.4 Å². The molecular formula is C19H16ClNO5S. The van der Waals surface area contributed by atoms with Gasteiger partial charge in [-0.3, -0.25) is 0 Å². The molecule has 1 aromatic heterocycles. The van der Waals surface area contributed by atoms with Crippen molar-refractivity contribution in [3.8, 4) is 0 Å². The lowest BCUT2D eigenvalue weighted by atomic mass is 10.2. The quantitative estimate of drug-likeness (QED) is 0.605. The Morgan fingerprint density at radius 2 is 1.85 bits per heavy atom. The van der Waals surface area contributed by atoms with Crippen molar-refractivity contribution in [3.63, 3.8) is 0 Å².